The maximum atomic E-state index is 13.7. The standard InChI is InChI=1S/C22H25F2N5/c23-20-9-8-17(13-21(20)24)19(16-5-2-1-3-6-16)10-12-28-22(25)27-11-4-7-18-14-26-15-29-18/h1-3,5-6,8-9,13-15,19H,4,7,10-12H2,(H,26,29)(H3,25,27,28). The Morgan fingerprint density at radius 3 is 2.66 bits per heavy atom. The normalized spacial score (nSPS) is 12.7. The fourth-order valence-corrected chi connectivity index (χ4v) is 3.23. The topological polar surface area (TPSA) is 79.1 Å². The van der Waals surface area contributed by atoms with Crippen LogP contribution in [0.1, 0.15) is 35.6 Å². The molecule has 1 atom stereocenters. The zero-order valence-electron chi connectivity index (χ0n) is 16.1. The maximum absolute atomic E-state index is 13.7. The van der Waals surface area contributed by atoms with Crippen LogP contribution in [0.2, 0.25) is 0 Å². The number of benzene rings is 2. The predicted molar refractivity (Wildman–Crippen MR) is 111 cm³/mol. The molecule has 0 aliphatic carbocycles. The molecule has 1 heterocycles. The molecule has 0 radical (unpaired) electrons. The molecule has 0 fully saturated rings. The first-order chi connectivity index (χ1) is 14.1. The molecule has 1 aromatic heterocycles. The highest BCUT2D eigenvalue weighted by Crippen LogP contribution is 2.28. The molecule has 0 spiro atoms. The van der Waals surface area contributed by atoms with Crippen LogP contribution in [0.25, 0.3) is 0 Å². The largest absolute Gasteiger partial charge is 0.370 e. The SMILES string of the molecule is NC(=NCCCc1cnc[nH]1)NCCC(c1ccccc1)c1ccc(F)c(F)c1. The van der Waals surface area contributed by atoms with Crippen LogP contribution in [0, 0.1) is 11.6 Å². The van der Waals surface area contributed by atoms with E-state index in [2.05, 4.69) is 20.3 Å². The van der Waals surface area contributed by atoms with Gasteiger partial charge in [-0.05, 0) is 42.5 Å². The van der Waals surface area contributed by atoms with Gasteiger partial charge in [-0.2, -0.15) is 0 Å². The van der Waals surface area contributed by atoms with Gasteiger partial charge in [-0.15, -0.1) is 0 Å². The molecule has 0 saturated heterocycles. The van der Waals surface area contributed by atoms with Gasteiger partial charge in [0, 0.05) is 30.9 Å². The van der Waals surface area contributed by atoms with Crippen molar-refractivity contribution in [3.05, 3.63) is 89.5 Å². The van der Waals surface area contributed by atoms with E-state index in [1.807, 2.05) is 30.3 Å². The molecule has 0 saturated carbocycles. The maximum Gasteiger partial charge on any atom is 0.188 e. The second kappa shape index (κ2) is 10.4. The summed E-state index contributed by atoms with van der Waals surface area (Å²) in [5, 5.41) is 3.11. The van der Waals surface area contributed by atoms with Crippen LogP contribution in [0.4, 0.5) is 8.78 Å². The molecule has 3 rings (SSSR count). The van der Waals surface area contributed by atoms with E-state index in [1.54, 1.807) is 18.6 Å². The Bertz CT molecular complexity index is 910. The van der Waals surface area contributed by atoms with E-state index in [-0.39, 0.29) is 5.92 Å². The quantitative estimate of drug-likeness (QED) is 0.292. The summed E-state index contributed by atoms with van der Waals surface area (Å²) in [5.74, 6) is -1.38. The number of hydrogen-bond acceptors (Lipinski definition) is 2. The summed E-state index contributed by atoms with van der Waals surface area (Å²) in [6.07, 6.45) is 5.85. The van der Waals surface area contributed by atoms with Gasteiger partial charge < -0.3 is 16.0 Å². The van der Waals surface area contributed by atoms with E-state index in [0.29, 0.717) is 25.5 Å². The summed E-state index contributed by atoms with van der Waals surface area (Å²) in [4.78, 5) is 11.4. The first-order valence-corrected chi connectivity index (χ1v) is 9.64. The Hall–Kier alpha value is -3.22. The average molecular weight is 397 g/mol. The van der Waals surface area contributed by atoms with Gasteiger partial charge in [0.15, 0.2) is 17.6 Å². The molecule has 0 aliphatic heterocycles. The Balaban J connectivity index is 1.55. The number of halogens is 2. The van der Waals surface area contributed by atoms with Crippen molar-refractivity contribution >= 4 is 5.96 Å². The van der Waals surface area contributed by atoms with Gasteiger partial charge in [-0.25, -0.2) is 13.8 Å². The molecule has 3 aromatic rings. The van der Waals surface area contributed by atoms with E-state index in [4.69, 9.17) is 5.73 Å². The predicted octanol–water partition coefficient (Wildman–Crippen LogP) is 3.75. The number of H-pyrrole nitrogens is 1. The van der Waals surface area contributed by atoms with Crippen molar-refractivity contribution in [1.82, 2.24) is 15.3 Å². The van der Waals surface area contributed by atoms with Gasteiger partial charge in [0.05, 0.1) is 6.33 Å². The highest BCUT2D eigenvalue weighted by atomic mass is 19.2. The molecular weight excluding hydrogens is 372 g/mol. The number of hydrogen-bond donors (Lipinski definition) is 3. The zero-order valence-corrected chi connectivity index (χ0v) is 16.1. The summed E-state index contributed by atoms with van der Waals surface area (Å²) in [5.41, 5.74) is 8.79. The number of aromatic amines is 1. The summed E-state index contributed by atoms with van der Waals surface area (Å²) < 4.78 is 27.1. The number of imidazole rings is 1. The van der Waals surface area contributed by atoms with Crippen molar-refractivity contribution < 1.29 is 8.78 Å². The number of rotatable bonds is 9. The van der Waals surface area contributed by atoms with Crippen LogP contribution in [0.5, 0.6) is 0 Å². The van der Waals surface area contributed by atoms with Crippen molar-refractivity contribution in [2.24, 2.45) is 10.7 Å². The lowest BCUT2D eigenvalue weighted by Gasteiger charge is -2.19. The fourth-order valence-electron chi connectivity index (χ4n) is 3.23. The number of aromatic nitrogens is 2. The highest BCUT2D eigenvalue weighted by Gasteiger charge is 2.16. The van der Waals surface area contributed by atoms with Crippen molar-refractivity contribution in [3.63, 3.8) is 0 Å². The lowest BCUT2D eigenvalue weighted by molar-refractivity contribution is 0.505. The smallest absolute Gasteiger partial charge is 0.188 e. The molecule has 152 valence electrons. The number of guanidine groups is 1. The van der Waals surface area contributed by atoms with Gasteiger partial charge in [-0.3, -0.25) is 4.99 Å². The Labute approximate surface area is 169 Å². The second-order valence-corrected chi connectivity index (χ2v) is 6.80. The van der Waals surface area contributed by atoms with Crippen LogP contribution in [-0.2, 0) is 6.42 Å². The van der Waals surface area contributed by atoms with Gasteiger partial charge >= 0.3 is 0 Å². The minimum Gasteiger partial charge on any atom is -0.370 e. The lowest BCUT2D eigenvalue weighted by atomic mass is 9.88. The fraction of sp³-hybridized carbons (Fsp3) is 0.273. The molecule has 7 heteroatoms. The van der Waals surface area contributed by atoms with E-state index in [0.717, 1.165) is 29.7 Å². The lowest BCUT2D eigenvalue weighted by Crippen LogP contribution is -2.33. The van der Waals surface area contributed by atoms with Crippen LogP contribution in [-0.4, -0.2) is 29.0 Å². The van der Waals surface area contributed by atoms with Gasteiger partial charge in [-0.1, -0.05) is 36.4 Å². The Kier molecular flexibility index (Phi) is 7.33. The third-order valence-corrected chi connectivity index (χ3v) is 4.73. The van der Waals surface area contributed by atoms with E-state index >= 15 is 0 Å². The Morgan fingerprint density at radius 1 is 1.10 bits per heavy atom. The van der Waals surface area contributed by atoms with Crippen LogP contribution >= 0.6 is 0 Å². The second-order valence-electron chi connectivity index (χ2n) is 6.80. The van der Waals surface area contributed by atoms with E-state index in [1.165, 1.54) is 12.1 Å². The van der Waals surface area contributed by atoms with Crippen molar-refractivity contribution in [2.45, 2.75) is 25.2 Å². The first-order valence-electron chi connectivity index (χ1n) is 9.64. The number of nitrogens with zero attached hydrogens (tertiary/aromatic N) is 2. The summed E-state index contributed by atoms with van der Waals surface area (Å²) in [6.45, 7) is 1.18. The molecular formula is C22H25F2N5. The van der Waals surface area contributed by atoms with Crippen LogP contribution in [0.3, 0.4) is 0 Å². The van der Waals surface area contributed by atoms with Crippen molar-refractivity contribution in [3.8, 4) is 0 Å². The highest BCUT2D eigenvalue weighted by molar-refractivity contribution is 5.77. The Morgan fingerprint density at radius 2 is 1.93 bits per heavy atom. The molecule has 2 aromatic carbocycles. The monoisotopic (exact) mass is 397 g/mol. The summed E-state index contributed by atoms with van der Waals surface area (Å²) in [6, 6.07) is 13.8. The zero-order chi connectivity index (χ0) is 20.5. The van der Waals surface area contributed by atoms with Crippen molar-refractivity contribution in [2.75, 3.05) is 13.1 Å². The molecule has 0 aliphatic rings. The average Bonchev–Trinajstić information content (AvgIpc) is 3.25. The summed E-state index contributed by atoms with van der Waals surface area (Å²) >= 11 is 0. The number of nitrogens with two attached hydrogens (primary N) is 1. The minimum absolute atomic E-state index is 0.0769. The minimum atomic E-state index is -0.842. The van der Waals surface area contributed by atoms with Crippen LogP contribution < -0.4 is 11.1 Å². The molecule has 5 nitrogen and oxygen atoms in total. The number of nitrogens with one attached hydrogen (secondary N) is 2. The molecule has 1 unspecified atom stereocenters. The van der Waals surface area contributed by atoms with Gasteiger partial charge in [0.2, 0.25) is 0 Å². The molecule has 0 amide bonds. The number of aliphatic imine (C=N–C) groups is 1. The molecule has 0 bridgehead atoms. The summed E-state index contributed by atoms with van der Waals surface area (Å²) in [7, 11) is 0. The van der Waals surface area contributed by atoms with Gasteiger partial charge in [0.25, 0.3) is 0 Å². The van der Waals surface area contributed by atoms with E-state index in [9.17, 15) is 8.78 Å². The molecule has 29 heavy (non-hydrogen) atoms. The third kappa shape index (κ3) is 6.14. The third-order valence-electron chi connectivity index (χ3n) is 4.73. The van der Waals surface area contributed by atoms with Crippen LogP contribution in [0.15, 0.2) is 66.0 Å². The molecule has 4 N–H and O–H groups in total. The van der Waals surface area contributed by atoms with Gasteiger partial charge in [0.1, 0.15) is 0 Å². The number of aryl methyl sites for hydroxylation is 1. The first kappa shape index (κ1) is 20.5. The van der Waals surface area contributed by atoms with E-state index < -0.39 is 11.6 Å². The van der Waals surface area contributed by atoms with Crippen molar-refractivity contribution in [1.29, 1.82) is 0 Å².